The fourth-order valence-corrected chi connectivity index (χ4v) is 3.65. The largest absolute Gasteiger partial charge is 0.480 e. The number of nitrogens with two attached hydrogens (primary N) is 1. The van der Waals surface area contributed by atoms with Gasteiger partial charge in [0.25, 0.3) is 11.8 Å². The highest BCUT2D eigenvalue weighted by Crippen LogP contribution is 2.35. The quantitative estimate of drug-likeness (QED) is 0.451. The number of carboxylic acids is 2. The Morgan fingerprint density at radius 3 is 1.44 bits per heavy atom. The summed E-state index contributed by atoms with van der Waals surface area (Å²) in [6, 6.07) is -2.23. The highest BCUT2D eigenvalue weighted by molar-refractivity contribution is 6.24. The minimum absolute atomic E-state index is 0.000389. The van der Waals surface area contributed by atoms with Crippen molar-refractivity contribution in [3.05, 3.63) is 33.4 Å². The van der Waals surface area contributed by atoms with E-state index in [1.165, 1.54) is 13.8 Å². The van der Waals surface area contributed by atoms with Gasteiger partial charge in [-0.05, 0) is 76.6 Å². The van der Waals surface area contributed by atoms with E-state index >= 15 is 0 Å². The first kappa shape index (κ1) is 28.6. The van der Waals surface area contributed by atoms with Crippen molar-refractivity contribution in [3.63, 3.8) is 0 Å². The number of aliphatic carboxylic acids is 2. The summed E-state index contributed by atoms with van der Waals surface area (Å²) in [6.07, 6.45) is 0.394. The average Bonchev–Trinajstić information content (AvgIpc) is 2.99. The molecule has 1 heterocycles. The second-order valence-electron chi connectivity index (χ2n) is 8.51. The molecule has 34 heavy (non-hydrogen) atoms. The van der Waals surface area contributed by atoms with Gasteiger partial charge in [0, 0.05) is 12.8 Å². The monoisotopic (exact) mass is 476 g/mol. The van der Waals surface area contributed by atoms with Crippen LogP contribution >= 0.6 is 0 Å². The summed E-state index contributed by atoms with van der Waals surface area (Å²) in [7, 11) is 0. The molecule has 0 spiro atoms. The number of nitrogens with zero attached hydrogens (tertiary/aromatic N) is 1. The highest BCUT2D eigenvalue weighted by Gasteiger charge is 2.45. The Kier molecular flexibility index (Phi) is 9.81. The normalized spacial score (nSPS) is 14.1. The third kappa shape index (κ3) is 6.34. The molecular weight excluding hydrogens is 444 g/mol. The summed E-state index contributed by atoms with van der Waals surface area (Å²) >= 11 is 0. The van der Waals surface area contributed by atoms with E-state index in [-0.39, 0.29) is 48.4 Å². The van der Waals surface area contributed by atoms with Crippen molar-refractivity contribution >= 4 is 35.3 Å². The molecule has 0 fully saturated rings. The summed E-state index contributed by atoms with van der Waals surface area (Å²) < 4.78 is 0. The first-order chi connectivity index (χ1) is 15.6. The van der Waals surface area contributed by atoms with Crippen LogP contribution in [0.4, 0.5) is 0 Å². The molecule has 2 rings (SSSR count). The van der Waals surface area contributed by atoms with Gasteiger partial charge < -0.3 is 25.5 Å². The van der Waals surface area contributed by atoms with E-state index in [4.69, 9.17) is 10.8 Å². The van der Waals surface area contributed by atoms with Crippen LogP contribution in [0.5, 0.6) is 0 Å². The third-order valence-corrected chi connectivity index (χ3v) is 6.04. The molecule has 2 atom stereocenters. The van der Waals surface area contributed by atoms with Gasteiger partial charge in [0.1, 0.15) is 23.7 Å². The van der Waals surface area contributed by atoms with E-state index in [9.17, 15) is 33.9 Å². The van der Waals surface area contributed by atoms with Crippen LogP contribution in [-0.2, 0) is 19.2 Å². The van der Waals surface area contributed by atoms with E-state index < -0.39 is 35.8 Å². The standard InChI is InChI=1S/C18H21NO5.C6H11NO3/c1-8(20)6-7-13(18(23)24)19-16(21)14-11(4)9(2)10(3)12(5)15(14)17(19)22;1-4(8)2-3-5(7)6(9)10/h13H,6-7H2,1-5H3,(H,23,24);5H,2-3,7H2,1H3,(H,9,10). The number of ketones is 2. The molecule has 10 nitrogen and oxygen atoms in total. The smallest absolute Gasteiger partial charge is 0.326 e. The van der Waals surface area contributed by atoms with Crippen molar-refractivity contribution < 1.29 is 39.0 Å². The maximum absolute atomic E-state index is 12.8. The number of fused-ring (bicyclic) bond motifs is 1. The van der Waals surface area contributed by atoms with Crippen molar-refractivity contribution in [1.82, 2.24) is 4.90 Å². The first-order valence-corrected chi connectivity index (χ1v) is 10.8. The fraction of sp³-hybridized carbons (Fsp3) is 0.500. The van der Waals surface area contributed by atoms with Crippen LogP contribution in [0, 0.1) is 27.7 Å². The summed E-state index contributed by atoms with van der Waals surface area (Å²) in [6.45, 7) is 10.0. The Bertz CT molecular complexity index is 997. The van der Waals surface area contributed by atoms with Crippen LogP contribution in [-0.4, -0.2) is 62.5 Å². The summed E-state index contributed by atoms with van der Waals surface area (Å²) in [4.78, 5) is 69.6. The fourth-order valence-electron chi connectivity index (χ4n) is 3.65. The molecule has 0 saturated carbocycles. The molecular formula is C24H32N2O8. The molecule has 0 radical (unpaired) electrons. The number of amides is 2. The lowest BCUT2D eigenvalue weighted by atomic mass is 9.90. The minimum Gasteiger partial charge on any atom is -0.480 e. The Morgan fingerprint density at radius 1 is 0.735 bits per heavy atom. The number of imide groups is 1. The molecule has 10 heteroatoms. The SMILES string of the molecule is CC(=O)CCC(C(=O)O)N1C(=O)c2c(C)c(C)c(C)c(C)c2C1=O.CC(=O)CCC(N)C(=O)O. The molecule has 2 amide bonds. The van der Waals surface area contributed by atoms with Gasteiger partial charge in [-0.3, -0.25) is 19.3 Å². The molecule has 1 aromatic rings. The molecule has 1 aromatic carbocycles. The minimum atomic E-state index is -1.33. The summed E-state index contributed by atoms with van der Waals surface area (Å²) in [5.41, 5.74) is 8.93. The zero-order valence-corrected chi connectivity index (χ0v) is 20.4. The van der Waals surface area contributed by atoms with Gasteiger partial charge in [-0.2, -0.15) is 0 Å². The molecule has 0 aliphatic carbocycles. The van der Waals surface area contributed by atoms with Gasteiger partial charge >= 0.3 is 11.9 Å². The Balaban J connectivity index is 0.000000489. The van der Waals surface area contributed by atoms with Gasteiger partial charge in [0.2, 0.25) is 0 Å². The average molecular weight is 477 g/mol. The predicted molar refractivity (Wildman–Crippen MR) is 123 cm³/mol. The van der Waals surface area contributed by atoms with Gasteiger partial charge in [0.05, 0.1) is 11.1 Å². The number of rotatable bonds is 9. The van der Waals surface area contributed by atoms with Crippen LogP contribution in [0.25, 0.3) is 0 Å². The Hall–Kier alpha value is -3.40. The predicted octanol–water partition coefficient (Wildman–Crippen LogP) is 2.11. The van der Waals surface area contributed by atoms with Gasteiger partial charge in [-0.15, -0.1) is 0 Å². The maximum Gasteiger partial charge on any atom is 0.326 e. The number of benzene rings is 1. The van der Waals surface area contributed by atoms with Crippen LogP contribution in [0.2, 0.25) is 0 Å². The maximum atomic E-state index is 12.8. The van der Waals surface area contributed by atoms with Gasteiger partial charge in [0.15, 0.2) is 0 Å². The highest BCUT2D eigenvalue weighted by atomic mass is 16.4. The molecule has 0 aromatic heterocycles. The Labute approximate surface area is 198 Å². The summed E-state index contributed by atoms with van der Waals surface area (Å²) in [5, 5.41) is 17.7. The number of hydrogen-bond donors (Lipinski definition) is 3. The first-order valence-electron chi connectivity index (χ1n) is 10.8. The van der Waals surface area contributed by atoms with E-state index in [1.54, 1.807) is 13.8 Å². The van der Waals surface area contributed by atoms with Crippen molar-refractivity contribution in [2.75, 3.05) is 0 Å². The van der Waals surface area contributed by atoms with Crippen molar-refractivity contribution in [1.29, 1.82) is 0 Å². The molecule has 0 saturated heterocycles. The lowest BCUT2D eigenvalue weighted by Gasteiger charge is -2.22. The lowest BCUT2D eigenvalue weighted by molar-refractivity contribution is -0.142. The molecule has 186 valence electrons. The van der Waals surface area contributed by atoms with Crippen LogP contribution in [0.15, 0.2) is 0 Å². The Morgan fingerprint density at radius 2 is 1.12 bits per heavy atom. The third-order valence-electron chi connectivity index (χ3n) is 6.04. The zero-order chi connectivity index (χ0) is 26.5. The molecule has 2 unspecified atom stereocenters. The molecule has 0 bridgehead atoms. The van der Waals surface area contributed by atoms with Crippen molar-refractivity contribution in [2.24, 2.45) is 5.73 Å². The lowest BCUT2D eigenvalue weighted by Crippen LogP contribution is -2.45. The van der Waals surface area contributed by atoms with E-state index in [0.717, 1.165) is 16.0 Å². The zero-order valence-electron chi connectivity index (χ0n) is 20.4. The van der Waals surface area contributed by atoms with Crippen molar-refractivity contribution in [2.45, 2.75) is 79.3 Å². The van der Waals surface area contributed by atoms with E-state index in [1.807, 2.05) is 13.8 Å². The molecule has 4 N–H and O–H groups in total. The topological polar surface area (TPSA) is 172 Å². The second kappa shape index (κ2) is 11.6. The number of hydrogen-bond acceptors (Lipinski definition) is 7. The number of carboxylic acid groups (broad SMARTS) is 2. The van der Waals surface area contributed by atoms with Crippen LogP contribution in [0.3, 0.4) is 0 Å². The van der Waals surface area contributed by atoms with Gasteiger partial charge in [-0.1, -0.05) is 0 Å². The van der Waals surface area contributed by atoms with Crippen LogP contribution in [0.1, 0.15) is 82.5 Å². The van der Waals surface area contributed by atoms with Crippen LogP contribution < -0.4 is 5.73 Å². The second-order valence-corrected chi connectivity index (χ2v) is 8.51. The van der Waals surface area contributed by atoms with E-state index in [0.29, 0.717) is 11.1 Å². The number of carbonyl (C=O) groups excluding carboxylic acids is 4. The number of Topliss-reactive ketones (excluding diaryl/α,β-unsaturated/α-hetero) is 2. The van der Waals surface area contributed by atoms with E-state index in [2.05, 4.69) is 0 Å². The molecule has 1 aliphatic rings. The summed E-state index contributed by atoms with van der Waals surface area (Å²) in [5.74, 6) is -3.73. The number of carbonyl (C=O) groups is 6. The van der Waals surface area contributed by atoms with Crippen molar-refractivity contribution in [3.8, 4) is 0 Å². The molecule has 1 aliphatic heterocycles. The van der Waals surface area contributed by atoms with Gasteiger partial charge in [-0.25, -0.2) is 4.79 Å².